The predicted molar refractivity (Wildman–Crippen MR) is 74.2 cm³/mol. The lowest BCUT2D eigenvalue weighted by atomic mass is 9.87. The summed E-state index contributed by atoms with van der Waals surface area (Å²) in [5.74, 6) is 0.558. The lowest BCUT2D eigenvalue weighted by Crippen LogP contribution is -2.47. The summed E-state index contributed by atoms with van der Waals surface area (Å²) >= 11 is 0. The third kappa shape index (κ3) is 0.890. The van der Waals surface area contributed by atoms with E-state index in [9.17, 15) is 0 Å². The maximum absolute atomic E-state index is 4.37. The summed E-state index contributed by atoms with van der Waals surface area (Å²) in [4.78, 5) is 4.76. The molecule has 1 aromatic rings. The molecule has 3 atom stereocenters. The average Bonchev–Trinajstić information content (AvgIpc) is 2.81. The Morgan fingerprint density at radius 2 is 2.06 bits per heavy atom. The number of hydrogen-bond donors (Lipinski definition) is 0. The van der Waals surface area contributed by atoms with Gasteiger partial charge < -0.3 is 9.80 Å². The van der Waals surface area contributed by atoms with Gasteiger partial charge in [0.2, 0.25) is 0 Å². The smallest absolute Gasteiger partial charge is 0.115 e. The van der Waals surface area contributed by atoms with Crippen LogP contribution in [-0.2, 0) is 0 Å². The zero-order valence-corrected chi connectivity index (χ0v) is 10.9. The molecule has 0 amide bonds. The van der Waals surface area contributed by atoms with E-state index in [-0.39, 0.29) is 5.41 Å². The van der Waals surface area contributed by atoms with Gasteiger partial charge in [0.1, 0.15) is 6.17 Å². The van der Waals surface area contributed by atoms with Crippen molar-refractivity contribution < 1.29 is 0 Å². The summed E-state index contributed by atoms with van der Waals surface area (Å²) in [5, 5.41) is 0. The van der Waals surface area contributed by atoms with Crippen LogP contribution in [0.5, 0.6) is 0 Å². The average molecular weight is 238 g/mol. The van der Waals surface area contributed by atoms with Crippen LogP contribution in [0.1, 0.15) is 24.8 Å². The highest BCUT2D eigenvalue weighted by molar-refractivity contribution is 5.71. The predicted octanol–water partition coefficient (Wildman–Crippen LogP) is 3.30. The van der Waals surface area contributed by atoms with Gasteiger partial charge in [0, 0.05) is 36.5 Å². The van der Waals surface area contributed by atoms with Crippen LogP contribution >= 0.6 is 0 Å². The molecule has 2 aliphatic heterocycles. The molecular weight excluding hydrogens is 220 g/mol. The fraction of sp³-hybridized carbons (Fsp3) is 0.375. The summed E-state index contributed by atoms with van der Waals surface area (Å²) in [6.07, 6.45) is 5.99. The number of para-hydroxylation sites is 1. The topological polar surface area (TPSA) is 6.48 Å². The van der Waals surface area contributed by atoms with Gasteiger partial charge >= 0.3 is 0 Å². The van der Waals surface area contributed by atoms with Gasteiger partial charge in [-0.3, -0.25) is 0 Å². The van der Waals surface area contributed by atoms with E-state index in [4.69, 9.17) is 0 Å². The fourth-order valence-electron chi connectivity index (χ4n) is 4.18. The molecule has 0 radical (unpaired) electrons. The molecular formula is C16H18N2. The van der Waals surface area contributed by atoms with E-state index in [0.717, 1.165) is 6.42 Å². The lowest BCUT2D eigenvalue weighted by molar-refractivity contribution is 0.226. The second-order valence-corrected chi connectivity index (χ2v) is 5.66. The summed E-state index contributed by atoms with van der Waals surface area (Å²) in [5.41, 5.74) is 4.49. The van der Waals surface area contributed by atoms with Crippen LogP contribution in [0.15, 0.2) is 48.8 Å². The van der Waals surface area contributed by atoms with Crippen molar-refractivity contribution in [3.8, 4) is 0 Å². The van der Waals surface area contributed by atoms with Crippen molar-refractivity contribution >= 4 is 5.69 Å². The molecule has 92 valence electrons. The Bertz CT molecular complexity index is 559. The van der Waals surface area contributed by atoms with E-state index in [0.29, 0.717) is 12.1 Å². The van der Waals surface area contributed by atoms with Crippen molar-refractivity contribution in [2.45, 2.75) is 25.4 Å². The molecule has 2 heteroatoms. The second kappa shape index (κ2) is 3.00. The van der Waals surface area contributed by atoms with Crippen molar-refractivity contribution in [2.24, 2.45) is 5.41 Å². The van der Waals surface area contributed by atoms with Gasteiger partial charge in [-0.15, -0.1) is 0 Å². The van der Waals surface area contributed by atoms with Crippen LogP contribution in [0.4, 0.5) is 5.69 Å². The summed E-state index contributed by atoms with van der Waals surface area (Å²) in [7, 11) is 2.18. The van der Waals surface area contributed by atoms with E-state index >= 15 is 0 Å². The van der Waals surface area contributed by atoms with E-state index in [1.54, 1.807) is 0 Å². The molecule has 1 aliphatic carbocycles. The second-order valence-electron chi connectivity index (χ2n) is 5.66. The summed E-state index contributed by atoms with van der Waals surface area (Å²) in [6.45, 7) is 6.66. The molecule has 1 saturated carbocycles. The first-order valence-corrected chi connectivity index (χ1v) is 6.68. The Morgan fingerprint density at radius 3 is 2.83 bits per heavy atom. The molecule has 1 aromatic carbocycles. The van der Waals surface area contributed by atoms with Gasteiger partial charge in [-0.1, -0.05) is 37.3 Å². The maximum atomic E-state index is 4.37. The normalized spacial score (nSPS) is 35.3. The molecule has 2 nitrogen and oxygen atoms in total. The molecule has 18 heavy (non-hydrogen) atoms. The highest BCUT2D eigenvalue weighted by Gasteiger charge is 2.68. The maximum Gasteiger partial charge on any atom is 0.115 e. The standard InChI is InChI=1S/C16H18N2/c1-4-16-11(2)14(16)12-7-5-6-8-13(12)18-10-9-17(3)15(16)18/h5-10,14-15H,2,4H2,1,3H3. The molecule has 0 aromatic heterocycles. The van der Waals surface area contributed by atoms with Crippen LogP contribution in [0, 0.1) is 5.41 Å². The molecule has 4 rings (SSSR count). The number of hydrogen-bond acceptors (Lipinski definition) is 2. The summed E-state index contributed by atoms with van der Waals surface area (Å²) < 4.78 is 0. The van der Waals surface area contributed by atoms with Crippen molar-refractivity contribution in [1.82, 2.24) is 4.90 Å². The van der Waals surface area contributed by atoms with Crippen LogP contribution in [-0.4, -0.2) is 18.1 Å². The first kappa shape index (κ1) is 10.2. The Hall–Kier alpha value is -1.70. The minimum atomic E-state index is 0.257. The largest absolute Gasteiger partial charge is 0.358 e. The quantitative estimate of drug-likeness (QED) is 0.693. The van der Waals surface area contributed by atoms with Crippen LogP contribution in [0.2, 0.25) is 0 Å². The molecule has 0 spiro atoms. The monoisotopic (exact) mass is 238 g/mol. The molecule has 3 unspecified atom stereocenters. The minimum absolute atomic E-state index is 0.257. The van der Waals surface area contributed by atoms with Crippen LogP contribution in [0.25, 0.3) is 0 Å². The number of benzene rings is 1. The number of anilines is 1. The zero-order chi connectivity index (χ0) is 12.5. The number of nitrogens with zero attached hydrogens (tertiary/aromatic N) is 2. The number of fused-ring (bicyclic) bond motifs is 6. The van der Waals surface area contributed by atoms with Crippen molar-refractivity contribution in [1.29, 1.82) is 0 Å². The molecule has 0 N–H and O–H groups in total. The van der Waals surface area contributed by atoms with Crippen molar-refractivity contribution in [3.63, 3.8) is 0 Å². The first-order valence-electron chi connectivity index (χ1n) is 6.68. The highest BCUT2D eigenvalue weighted by Crippen LogP contribution is 2.73. The molecule has 0 saturated heterocycles. The van der Waals surface area contributed by atoms with E-state index in [1.165, 1.54) is 16.8 Å². The minimum Gasteiger partial charge on any atom is -0.358 e. The van der Waals surface area contributed by atoms with E-state index < -0.39 is 0 Å². The van der Waals surface area contributed by atoms with E-state index in [2.05, 4.69) is 67.0 Å². The fourth-order valence-corrected chi connectivity index (χ4v) is 4.18. The van der Waals surface area contributed by atoms with Crippen LogP contribution < -0.4 is 4.90 Å². The van der Waals surface area contributed by atoms with Crippen LogP contribution in [0.3, 0.4) is 0 Å². The van der Waals surface area contributed by atoms with Crippen molar-refractivity contribution in [3.05, 3.63) is 54.4 Å². The van der Waals surface area contributed by atoms with Gasteiger partial charge in [0.25, 0.3) is 0 Å². The Labute approximate surface area is 108 Å². The number of rotatable bonds is 1. The zero-order valence-electron chi connectivity index (χ0n) is 10.9. The SMILES string of the molecule is C=C1C2c3ccccc3N3C=CN(C)C3C12CC. The first-order chi connectivity index (χ1) is 8.71. The summed E-state index contributed by atoms with van der Waals surface area (Å²) in [6, 6.07) is 8.78. The molecule has 2 heterocycles. The van der Waals surface area contributed by atoms with Crippen molar-refractivity contribution in [2.75, 3.05) is 11.9 Å². The third-order valence-electron chi connectivity index (χ3n) is 5.06. The van der Waals surface area contributed by atoms with Gasteiger partial charge in [0.05, 0.1) is 0 Å². The lowest BCUT2D eigenvalue weighted by Gasteiger charge is -2.41. The van der Waals surface area contributed by atoms with E-state index in [1.807, 2.05) is 0 Å². The molecule has 0 bridgehead atoms. The Balaban J connectivity index is 1.96. The van der Waals surface area contributed by atoms with Gasteiger partial charge in [-0.05, 0) is 18.1 Å². The van der Waals surface area contributed by atoms with Gasteiger partial charge in [0.15, 0.2) is 0 Å². The molecule has 1 fully saturated rings. The Kier molecular flexibility index (Phi) is 1.71. The Morgan fingerprint density at radius 1 is 1.28 bits per heavy atom. The third-order valence-corrected chi connectivity index (χ3v) is 5.06. The van der Waals surface area contributed by atoms with Gasteiger partial charge in [-0.25, -0.2) is 0 Å². The molecule has 3 aliphatic rings. The van der Waals surface area contributed by atoms with Gasteiger partial charge in [-0.2, -0.15) is 0 Å². The highest BCUT2D eigenvalue weighted by atomic mass is 15.4.